The zero-order valence-electron chi connectivity index (χ0n) is 15.3. The van der Waals surface area contributed by atoms with E-state index in [1.165, 1.54) is 0 Å². The fourth-order valence-electron chi connectivity index (χ4n) is 4.33. The summed E-state index contributed by atoms with van der Waals surface area (Å²) in [6, 6.07) is 23.6. The number of benzene rings is 3. The molecule has 2 atom stereocenters. The van der Waals surface area contributed by atoms with Crippen LogP contribution in [-0.4, -0.2) is 28.5 Å². The smallest absolute Gasteiger partial charge is 0.248 e. The SMILES string of the molecule is O=C(Nc1ccc2ccccc2c1)[C@@H]1CS[C@]2(c3ccccc3)CCC(=O)N12. The zero-order valence-corrected chi connectivity index (χ0v) is 16.1. The first kappa shape index (κ1) is 17.3. The molecule has 0 spiro atoms. The van der Waals surface area contributed by atoms with Crippen molar-refractivity contribution in [2.45, 2.75) is 23.8 Å². The molecule has 5 rings (SSSR count). The molecule has 1 N–H and O–H groups in total. The first-order chi connectivity index (χ1) is 13.7. The lowest BCUT2D eigenvalue weighted by Gasteiger charge is -2.34. The van der Waals surface area contributed by atoms with Crippen molar-refractivity contribution in [3.63, 3.8) is 0 Å². The van der Waals surface area contributed by atoms with Crippen LogP contribution in [0.2, 0.25) is 0 Å². The van der Waals surface area contributed by atoms with Gasteiger partial charge in [0.2, 0.25) is 11.8 Å². The molecule has 0 saturated carbocycles. The summed E-state index contributed by atoms with van der Waals surface area (Å²) >= 11 is 1.71. The maximum Gasteiger partial charge on any atom is 0.248 e. The highest BCUT2D eigenvalue weighted by atomic mass is 32.2. The van der Waals surface area contributed by atoms with E-state index in [-0.39, 0.29) is 11.8 Å². The average molecular weight is 388 g/mol. The number of nitrogens with one attached hydrogen (secondary N) is 1. The van der Waals surface area contributed by atoms with Crippen LogP contribution in [0.25, 0.3) is 10.8 Å². The molecule has 140 valence electrons. The predicted octanol–water partition coefficient (Wildman–Crippen LogP) is 4.37. The van der Waals surface area contributed by atoms with Crippen LogP contribution in [0.4, 0.5) is 5.69 Å². The average Bonchev–Trinajstić information content (AvgIpc) is 3.28. The van der Waals surface area contributed by atoms with Crippen LogP contribution in [0.3, 0.4) is 0 Å². The molecule has 3 aromatic rings. The van der Waals surface area contributed by atoms with Gasteiger partial charge in [-0.2, -0.15) is 0 Å². The molecule has 2 aliphatic heterocycles. The van der Waals surface area contributed by atoms with E-state index in [1.807, 2.05) is 65.6 Å². The quantitative estimate of drug-likeness (QED) is 0.725. The fourth-order valence-corrected chi connectivity index (χ4v) is 5.98. The highest BCUT2D eigenvalue weighted by molar-refractivity contribution is 8.00. The summed E-state index contributed by atoms with van der Waals surface area (Å²) in [6.07, 6.45) is 1.24. The van der Waals surface area contributed by atoms with E-state index in [0.717, 1.165) is 28.4 Å². The second kappa shape index (κ2) is 6.67. The molecule has 0 aliphatic carbocycles. The van der Waals surface area contributed by atoms with Crippen molar-refractivity contribution in [1.82, 2.24) is 4.90 Å². The van der Waals surface area contributed by atoms with Crippen LogP contribution >= 0.6 is 11.8 Å². The lowest BCUT2D eigenvalue weighted by molar-refractivity contribution is -0.136. The molecule has 5 heteroatoms. The molecule has 2 fully saturated rings. The number of thioether (sulfide) groups is 1. The lowest BCUT2D eigenvalue weighted by Crippen LogP contribution is -2.48. The van der Waals surface area contributed by atoms with Gasteiger partial charge >= 0.3 is 0 Å². The van der Waals surface area contributed by atoms with Gasteiger partial charge in [0.25, 0.3) is 0 Å². The van der Waals surface area contributed by atoms with Crippen LogP contribution in [0.5, 0.6) is 0 Å². The molecule has 0 radical (unpaired) electrons. The predicted molar refractivity (Wildman–Crippen MR) is 113 cm³/mol. The van der Waals surface area contributed by atoms with Crippen molar-refractivity contribution in [1.29, 1.82) is 0 Å². The van der Waals surface area contributed by atoms with Gasteiger partial charge in [-0.05, 0) is 34.9 Å². The third-order valence-electron chi connectivity index (χ3n) is 5.67. The van der Waals surface area contributed by atoms with Gasteiger partial charge in [-0.1, -0.05) is 60.7 Å². The molecule has 2 heterocycles. The standard InChI is InChI=1S/C23H20N2O2S/c26-21-12-13-23(18-8-2-1-3-9-18)25(21)20(15-28-23)22(27)24-19-11-10-16-6-4-5-7-17(16)14-19/h1-11,14,20H,12-13,15H2,(H,24,27)/t20-,23-/m0/s1. The van der Waals surface area contributed by atoms with Crippen molar-refractivity contribution < 1.29 is 9.59 Å². The van der Waals surface area contributed by atoms with Gasteiger partial charge < -0.3 is 10.2 Å². The van der Waals surface area contributed by atoms with E-state index in [1.54, 1.807) is 11.8 Å². The molecule has 2 amide bonds. The Bertz CT molecular complexity index is 1070. The minimum atomic E-state index is -0.452. The molecule has 0 aromatic heterocycles. The second-order valence-corrected chi connectivity index (χ2v) is 8.59. The molecule has 2 aliphatic rings. The molecule has 0 bridgehead atoms. The minimum absolute atomic E-state index is 0.0625. The topological polar surface area (TPSA) is 49.4 Å². The maximum absolute atomic E-state index is 13.1. The number of nitrogens with zero attached hydrogens (tertiary/aromatic N) is 1. The number of anilines is 1. The second-order valence-electron chi connectivity index (χ2n) is 7.29. The highest BCUT2D eigenvalue weighted by Gasteiger charge is 2.56. The minimum Gasteiger partial charge on any atom is -0.324 e. The maximum atomic E-state index is 13.1. The number of rotatable bonds is 3. The number of carbonyl (C=O) groups is 2. The van der Waals surface area contributed by atoms with Crippen molar-refractivity contribution in [3.05, 3.63) is 78.4 Å². The largest absolute Gasteiger partial charge is 0.324 e. The normalized spacial score (nSPS) is 23.8. The van der Waals surface area contributed by atoms with E-state index >= 15 is 0 Å². The van der Waals surface area contributed by atoms with Crippen LogP contribution in [0.15, 0.2) is 72.8 Å². The summed E-state index contributed by atoms with van der Waals surface area (Å²) in [4.78, 5) is 27.2. The number of amides is 2. The summed E-state index contributed by atoms with van der Waals surface area (Å²) in [7, 11) is 0. The van der Waals surface area contributed by atoms with Crippen LogP contribution in [-0.2, 0) is 14.5 Å². The van der Waals surface area contributed by atoms with Crippen molar-refractivity contribution in [2.24, 2.45) is 0 Å². The Morgan fingerprint density at radius 1 is 1.00 bits per heavy atom. The Morgan fingerprint density at radius 2 is 1.75 bits per heavy atom. The van der Waals surface area contributed by atoms with Gasteiger partial charge in [-0.3, -0.25) is 9.59 Å². The third kappa shape index (κ3) is 2.69. The summed E-state index contributed by atoms with van der Waals surface area (Å²) < 4.78 is 0. The molecular weight excluding hydrogens is 368 g/mol. The third-order valence-corrected chi connectivity index (χ3v) is 7.27. The van der Waals surface area contributed by atoms with E-state index in [2.05, 4.69) is 17.4 Å². The molecular formula is C23H20N2O2S. The number of hydrogen-bond acceptors (Lipinski definition) is 3. The van der Waals surface area contributed by atoms with Gasteiger partial charge in [0.05, 0.1) is 0 Å². The van der Waals surface area contributed by atoms with Gasteiger partial charge in [0.1, 0.15) is 10.9 Å². The van der Waals surface area contributed by atoms with E-state index < -0.39 is 10.9 Å². The number of carbonyl (C=O) groups excluding carboxylic acids is 2. The summed E-state index contributed by atoms with van der Waals surface area (Å²) in [5.74, 6) is 0.559. The Morgan fingerprint density at radius 3 is 2.57 bits per heavy atom. The van der Waals surface area contributed by atoms with Crippen molar-refractivity contribution in [3.8, 4) is 0 Å². The number of fused-ring (bicyclic) bond motifs is 2. The molecule has 0 unspecified atom stereocenters. The Kier molecular flexibility index (Phi) is 4.13. The first-order valence-corrected chi connectivity index (χ1v) is 10.5. The van der Waals surface area contributed by atoms with E-state index in [9.17, 15) is 9.59 Å². The fraction of sp³-hybridized carbons (Fsp3) is 0.217. The van der Waals surface area contributed by atoms with Crippen molar-refractivity contribution >= 4 is 40.0 Å². The van der Waals surface area contributed by atoms with E-state index in [0.29, 0.717) is 12.2 Å². The molecule has 28 heavy (non-hydrogen) atoms. The molecule has 2 saturated heterocycles. The van der Waals surface area contributed by atoms with Crippen molar-refractivity contribution in [2.75, 3.05) is 11.1 Å². The van der Waals surface area contributed by atoms with Gasteiger partial charge in [-0.15, -0.1) is 11.8 Å². The Balaban J connectivity index is 1.43. The van der Waals surface area contributed by atoms with Gasteiger partial charge in [0.15, 0.2) is 0 Å². The first-order valence-electron chi connectivity index (χ1n) is 9.49. The lowest BCUT2D eigenvalue weighted by atomic mass is 10.0. The Labute approximate surface area is 167 Å². The van der Waals surface area contributed by atoms with Gasteiger partial charge in [-0.25, -0.2) is 0 Å². The monoisotopic (exact) mass is 388 g/mol. The summed E-state index contributed by atoms with van der Waals surface area (Å²) in [5, 5.41) is 5.25. The summed E-state index contributed by atoms with van der Waals surface area (Å²) in [5.41, 5.74) is 1.87. The highest BCUT2D eigenvalue weighted by Crippen LogP contribution is 2.54. The van der Waals surface area contributed by atoms with E-state index in [4.69, 9.17) is 0 Å². The van der Waals surface area contributed by atoms with Gasteiger partial charge in [0, 0.05) is 17.9 Å². The Hall–Kier alpha value is -2.79. The van der Waals surface area contributed by atoms with Crippen LogP contribution in [0, 0.1) is 0 Å². The van der Waals surface area contributed by atoms with Crippen LogP contribution < -0.4 is 5.32 Å². The number of hydrogen-bond donors (Lipinski definition) is 1. The van der Waals surface area contributed by atoms with Crippen LogP contribution in [0.1, 0.15) is 18.4 Å². The summed E-state index contributed by atoms with van der Waals surface area (Å²) in [6.45, 7) is 0. The zero-order chi connectivity index (χ0) is 19.1. The molecule has 4 nitrogen and oxygen atoms in total. The molecule has 3 aromatic carbocycles.